The summed E-state index contributed by atoms with van der Waals surface area (Å²) < 4.78 is 28.6. The molecule has 0 spiro atoms. The lowest BCUT2D eigenvalue weighted by Crippen LogP contribution is -2.06. The third-order valence-electron chi connectivity index (χ3n) is 5.66. The van der Waals surface area contributed by atoms with E-state index in [2.05, 4.69) is 15.3 Å². The van der Waals surface area contributed by atoms with Gasteiger partial charge in [0.25, 0.3) is 0 Å². The first-order chi connectivity index (χ1) is 15.4. The first-order valence-electron chi connectivity index (χ1n) is 10.2. The number of hydrogen-bond acceptors (Lipinski definition) is 6. The summed E-state index contributed by atoms with van der Waals surface area (Å²) in [6.07, 6.45) is 5.24. The van der Waals surface area contributed by atoms with Crippen molar-refractivity contribution in [2.75, 3.05) is 12.4 Å². The minimum atomic E-state index is -2.81. The number of nitrogens with zero attached hydrogens (tertiary/aromatic N) is 3. The number of aromatic nitrogens is 3. The maximum atomic E-state index is 12.8. The highest BCUT2D eigenvalue weighted by Crippen LogP contribution is 2.38. The number of nitrogens with one attached hydrogen (secondary N) is 2. The van der Waals surface area contributed by atoms with Gasteiger partial charge in [-0.15, -0.1) is 0 Å². The first-order valence-corrected chi connectivity index (χ1v) is 12.2. The second kappa shape index (κ2) is 7.79. The molecule has 7 nitrogen and oxygen atoms in total. The number of hydrogen-bond donors (Lipinski definition) is 2. The zero-order chi connectivity index (χ0) is 22.5. The average molecular weight is 468 g/mol. The highest BCUT2D eigenvalue weighted by Gasteiger charge is 2.34. The van der Waals surface area contributed by atoms with Gasteiger partial charge < -0.3 is 14.6 Å². The molecule has 1 aliphatic carbocycles. The second-order valence-corrected chi connectivity index (χ2v) is 10.6. The van der Waals surface area contributed by atoms with E-state index in [0.29, 0.717) is 33.0 Å². The fourth-order valence-electron chi connectivity index (χ4n) is 3.82. The molecule has 0 aliphatic heterocycles. The minimum Gasteiger partial charge on any atom is -0.495 e. The Labute approximate surface area is 191 Å². The largest absolute Gasteiger partial charge is 0.495 e. The summed E-state index contributed by atoms with van der Waals surface area (Å²) in [6.45, 7) is 0. The van der Waals surface area contributed by atoms with Crippen LogP contribution in [-0.4, -0.2) is 31.1 Å². The van der Waals surface area contributed by atoms with Gasteiger partial charge in [-0.2, -0.15) is 0 Å². The van der Waals surface area contributed by atoms with Gasteiger partial charge in [-0.3, -0.25) is 0 Å². The monoisotopic (exact) mass is 467 g/mol. The van der Waals surface area contributed by atoms with Crippen LogP contribution >= 0.6 is 11.6 Å². The molecule has 0 bridgehead atoms. The Balaban J connectivity index is 1.52. The molecule has 2 N–H and O–H groups in total. The number of para-hydroxylation sites is 1. The number of aryl methyl sites for hydroxylation is 1. The van der Waals surface area contributed by atoms with E-state index in [4.69, 9.17) is 21.1 Å². The molecular formula is C23H22ClN5O2S. The summed E-state index contributed by atoms with van der Waals surface area (Å²) in [5, 5.41) is 4.61. The molecule has 4 aromatic rings. The van der Waals surface area contributed by atoms with Crippen molar-refractivity contribution in [3.8, 4) is 17.0 Å². The van der Waals surface area contributed by atoms with Gasteiger partial charge in [0.2, 0.25) is 5.95 Å². The summed E-state index contributed by atoms with van der Waals surface area (Å²) in [7, 11) is 0.710. The third-order valence-corrected chi connectivity index (χ3v) is 8.30. The number of anilines is 2. The standard InChI is InChI=1S/C23H22ClN5O2S/c1-29-13-17(16-5-3-4-6-20(16)29)22-18(24)12-26-23(28-22)27-19-10-9-15(11-21(19)31-2)32(25,30)14-7-8-14/h3-6,9-14,25H,7-8H2,1-2H3,(H,26,27,28). The van der Waals surface area contributed by atoms with Crippen molar-refractivity contribution in [1.82, 2.24) is 14.5 Å². The SMILES string of the molecule is COc1cc(S(=N)(=O)C2CC2)ccc1Nc1ncc(Cl)c(-c2cn(C)c3ccccc23)n1. The van der Waals surface area contributed by atoms with E-state index >= 15 is 0 Å². The van der Waals surface area contributed by atoms with Crippen molar-refractivity contribution in [3.05, 3.63) is 59.9 Å². The number of methoxy groups -OCH3 is 1. The second-order valence-electron chi connectivity index (χ2n) is 7.85. The van der Waals surface area contributed by atoms with E-state index in [-0.39, 0.29) is 5.25 Å². The fraction of sp³-hybridized carbons (Fsp3) is 0.217. The van der Waals surface area contributed by atoms with Crippen LogP contribution in [0.5, 0.6) is 5.75 Å². The molecule has 32 heavy (non-hydrogen) atoms. The maximum Gasteiger partial charge on any atom is 0.227 e. The van der Waals surface area contributed by atoms with Crippen LogP contribution in [0.15, 0.2) is 59.8 Å². The summed E-state index contributed by atoms with van der Waals surface area (Å²) >= 11 is 6.47. The van der Waals surface area contributed by atoms with E-state index in [1.165, 1.54) is 7.11 Å². The van der Waals surface area contributed by atoms with Crippen molar-refractivity contribution >= 4 is 43.9 Å². The highest BCUT2D eigenvalue weighted by atomic mass is 35.5. The molecule has 1 unspecified atom stereocenters. The fourth-order valence-corrected chi connectivity index (χ4v) is 5.75. The van der Waals surface area contributed by atoms with Crippen molar-refractivity contribution in [2.45, 2.75) is 23.0 Å². The molecule has 2 aromatic heterocycles. The number of fused-ring (bicyclic) bond motifs is 1. The van der Waals surface area contributed by atoms with Crippen LogP contribution in [0.25, 0.3) is 22.2 Å². The van der Waals surface area contributed by atoms with Crippen LogP contribution in [0, 0.1) is 4.78 Å². The minimum absolute atomic E-state index is 0.0612. The lowest BCUT2D eigenvalue weighted by Gasteiger charge is -2.14. The van der Waals surface area contributed by atoms with E-state index in [0.717, 1.165) is 29.3 Å². The van der Waals surface area contributed by atoms with E-state index < -0.39 is 9.73 Å². The van der Waals surface area contributed by atoms with Crippen LogP contribution in [0.1, 0.15) is 12.8 Å². The van der Waals surface area contributed by atoms with Crippen LogP contribution in [-0.2, 0) is 16.8 Å². The molecule has 1 fully saturated rings. The average Bonchev–Trinajstić information content (AvgIpc) is 3.61. The van der Waals surface area contributed by atoms with Gasteiger partial charge in [0, 0.05) is 35.0 Å². The molecule has 0 radical (unpaired) electrons. The smallest absolute Gasteiger partial charge is 0.227 e. The Hall–Kier alpha value is -3.10. The lowest BCUT2D eigenvalue weighted by molar-refractivity contribution is 0.415. The zero-order valence-corrected chi connectivity index (χ0v) is 19.2. The molecule has 1 atom stereocenters. The first kappa shape index (κ1) is 20.8. The summed E-state index contributed by atoms with van der Waals surface area (Å²) in [5.74, 6) is 0.838. The number of halogens is 1. The van der Waals surface area contributed by atoms with Crippen molar-refractivity contribution in [1.29, 1.82) is 4.78 Å². The highest BCUT2D eigenvalue weighted by molar-refractivity contribution is 7.93. The predicted octanol–water partition coefficient (Wildman–Crippen LogP) is 5.61. The van der Waals surface area contributed by atoms with Crippen LogP contribution in [0.4, 0.5) is 11.6 Å². The molecule has 1 saturated carbocycles. The molecule has 0 amide bonds. The molecule has 9 heteroatoms. The van der Waals surface area contributed by atoms with Crippen molar-refractivity contribution in [2.24, 2.45) is 7.05 Å². The Bertz CT molecular complexity index is 1440. The van der Waals surface area contributed by atoms with Gasteiger partial charge in [-0.25, -0.2) is 19.0 Å². The Kier molecular flexibility index (Phi) is 5.06. The third kappa shape index (κ3) is 3.59. The zero-order valence-electron chi connectivity index (χ0n) is 17.6. The molecule has 5 rings (SSSR count). The molecule has 1 aliphatic rings. The van der Waals surface area contributed by atoms with Gasteiger partial charge in [-0.1, -0.05) is 29.8 Å². The van der Waals surface area contributed by atoms with Crippen LogP contribution in [0.3, 0.4) is 0 Å². The number of rotatable bonds is 6. The van der Waals surface area contributed by atoms with Gasteiger partial charge in [0.15, 0.2) is 0 Å². The molecule has 0 saturated heterocycles. The maximum absolute atomic E-state index is 12.8. The van der Waals surface area contributed by atoms with E-state index in [1.807, 2.05) is 42.1 Å². The topological polar surface area (TPSA) is 92.9 Å². The Morgan fingerprint density at radius 2 is 2.03 bits per heavy atom. The Morgan fingerprint density at radius 1 is 1.25 bits per heavy atom. The number of benzene rings is 2. The molecule has 164 valence electrons. The Morgan fingerprint density at radius 3 is 2.78 bits per heavy atom. The van der Waals surface area contributed by atoms with Gasteiger partial charge in [-0.05, 0) is 37.1 Å². The molecular weight excluding hydrogens is 446 g/mol. The number of ether oxygens (including phenoxy) is 1. The van der Waals surface area contributed by atoms with Crippen molar-refractivity contribution < 1.29 is 8.95 Å². The molecule has 2 aromatic carbocycles. The van der Waals surface area contributed by atoms with E-state index in [1.54, 1.807) is 24.4 Å². The van der Waals surface area contributed by atoms with Crippen molar-refractivity contribution in [3.63, 3.8) is 0 Å². The summed E-state index contributed by atoms with van der Waals surface area (Å²) in [6, 6.07) is 13.2. The molecule has 2 heterocycles. The lowest BCUT2D eigenvalue weighted by atomic mass is 10.1. The predicted molar refractivity (Wildman–Crippen MR) is 127 cm³/mol. The van der Waals surface area contributed by atoms with Crippen LogP contribution < -0.4 is 10.1 Å². The van der Waals surface area contributed by atoms with Crippen LogP contribution in [0.2, 0.25) is 5.02 Å². The summed E-state index contributed by atoms with van der Waals surface area (Å²) in [5.41, 5.74) is 3.24. The quantitative estimate of drug-likeness (QED) is 0.384. The van der Waals surface area contributed by atoms with Gasteiger partial charge in [0.1, 0.15) is 5.75 Å². The van der Waals surface area contributed by atoms with E-state index in [9.17, 15) is 4.21 Å². The van der Waals surface area contributed by atoms with Gasteiger partial charge >= 0.3 is 0 Å². The normalized spacial score (nSPS) is 15.5. The summed E-state index contributed by atoms with van der Waals surface area (Å²) in [4.78, 5) is 9.47. The van der Waals surface area contributed by atoms with Gasteiger partial charge in [0.05, 0.1) is 44.3 Å².